The van der Waals surface area contributed by atoms with Crippen LogP contribution in [0, 0.1) is 18.3 Å². The lowest BCUT2D eigenvalue weighted by Gasteiger charge is -2.02. The van der Waals surface area contributed by atoms with E-state index in [-0.39, 0.29) is 33.6 Å². The van der Waals surface area contributed by atoms with E-state index in [0.29, 0.717) is 16.6 Å². The van der Waals surface area contributed by atoms with Gasteiger partial charge in [-0.25, -0.2) is 9.78 Å². The molecule has 3 heterocycles. The van der Waals surface area contributed by atoms with Crippen LogP contribution in [0.4, 0.5) is 0 Å². The third-order valence-corrected chi connectivity index (χ3v) is 4.13. The summed E-state index contributed by atoms with van der Waals surface area (Å²) in [6, 6.07) is 9.17. The number of aromatic amines is 2. The molecule has 3 N–H and O–H groups in total. The largest absolute Gasteiger partial charge is 0.493 e. The predicted molar refractivity (Wildman–Crippen MR) is 90.3 cm³/mol. The summed E-state index contributed by atoms with van der Waals surface area (Å²) in [5, 5.41) is 19.5. The molecule has 122 valence electrons. The maximum atomic E-state index is 13.0. The summed E-state index contributed by atoms with van der Waals surface area (Å²) in [7, 11) is 0. The second-order valence-electron chi connectivity index (χ2n) is 5.58. The predicted octanol–water partition coefficient (Wildman–Crippen LogP) is 0.297. The molecule has 0 aliphatic carbocycles. The van der Waals surface area contributed by atoms with Gasteiger partial charge >= 0.3 is 5.69 Å². The molecule has 0 fully saturated rings. The molecule has 0 aliphatic rings. The molecule has 4 aromatic rings. The average Bonchev–Trinajstić information content (AvgIpc) is 3.11. The van der Waals surface area contributed by atoms with Crippen molar-refractivity contribution in [1.29, 1.82) is 5.26 Å². The molecule has 0 unspecified atom stereocenters. The standard InChI is InChI=1S/C17H11N5O3/c1-8-9(6-12-15(23)21-17(25)20-12)16(24)22-13-5-3-2-4-11(13)19-14(22)10(8)7-18/h2-6,23H,1H3,(H2,20,21,25). The van der Waals surface area contributed by atoms with Gasteiger partial charge in [-0.1, -0.05) is 12.1 Å². The van der Waals surface area contributed by atoms with E-state index in [1.54, 1.807) is 31.2 Å². The highest BCUT2D eigenvalue weighted by atomic mass is 16.3. The summed E-state index contributed by atoms with van der Waals surface area (Å²) in [6.45, 7) is 1.63. The highest BCUT2D eigenvalue weighted by Gasteiger charge is 2.16. The third-order valence-electron chi connectivity index (χ3n) is 4.13. The van der Waals surface area contributed by atoms with Gasteiger partial charge in [-0.3, -0.25) is 14.2 Å². The molecule has 0 bridgehead atoms. The molecule has 0 saturated carbocycles. The van der Waals surface area contributed by atoms with E-state index in [1.165, 1.54) is 10.5 Å². The average molecular weight is 333 g/mol. The summed E-state index contributed by atoms with van der Waals surface area (Å²) in [5.74, 6) is -0.377. The van der Waals surface area contributed by atoms with Crippen molar-refractivity contribution in [3.63, 3.8) is 0 Å². The van der Waals surface area contributed by atoms with Gasteiger partial charge in [0.15, 0.2) is 5.65 Å². The molecule has 1 aromatic carbocycles. The number of nitriles is 1. The molecule has 0 saturated heterocycles. The molecule has 0 spiro atoms. The van der Waals surface area contributed by atoms with Crippen molar-refractivity contribution in [2.24, 2.45) is 0 Å². The van der Waals surface area contributed by atoms with E-state index < -0.39 is 5.69 Å². The zero-order valence-electron chi connectivity index (χ0n) is 13.0. The normalized spacial score (nSPS) is 12.1. The van der Waals surface area contributed by atoms with Crippen LogP contribution < -0.4 is 16.5 Å². The Morgan fingerprint density at radius 1 is 1.28 bits per heavy atom. The van der Waals surface area contributed by atoms with Crippen molar-refractivity contribution >= 4 is 22.8 Å². The minimum absolute atomic E-state index is 0.0675. The first-order chi connectivity index (χ1) is 12.0. The lowest BCUT2D eigenvalue weighted by molar-refractivity contribution is 0.454. The third kappa shape index (κ3) is 2.03. The highest BCUT2D eigenvalue weighted by molar-refractivity contribution is 5.82. The zero-order chi connectivity index (χ0) is 17.7. The monoisotopic (exact) mass is 333 g/mol. The molecule has 8 heteroatoms. The van der Waals surface area contributed by atoms with Crippen LogP contribution in [-0.4, -0.2) is 24.5 Å². The number of fused-ring (bicyclic) bond motifs is 3. The van der Waals surface area contributed by atoms with Gasteiger partial charge in [-0.2, -0.15) is 5.26 Å². The van der Waals surface area contributed by atoms with Gasteiger partial charge in [-0.15, -0.1) is 0 Å². The lowest BCUT2D eigenvalue weighted by atomic mass is 10.1. The number of nitrogens with one attached hydrogen (secondary N) is 2. The number of aromatic hydroxyl groups is 1. The number of pyridine rings is 1. The number of aromatic nitrogens is 4. The Morgan fingerprint density at radius 3 is 2.72 bits per heavy atom. The molecular formula is C17H11N5O3. The number of hydrogen-bond acceptors (Lipinski definition) is 5. The fraction of sp³-hybridized carbons (Fsp3) is 0.0588. The van der Waals surface area contributed by atoms with Gasteiger partial charge in [0.25, 0.3) is 5.56 Å². The second kappa shape index (κ2) is 5.07. The summed E-state index contributed by atoms with van der Waals surface area (Å²) in [6.07, 6.45) is 1.35. The van der Waals surface area contributed by atoms with Crippen LogP contribution in [0.5, 0.6) is 5.88 Å². The summed E-state index contributed by atoms with van der Waals surface area (Å²) >= 11 is 0. The van der Waals surface area contributed by atoms with E-state index in [4.69, 9.17) is 0 Å². The first kappa shape index (κ1) is 14.7. The molecule has 3 aromatic heterocycles. The Morgan fingerprint density at radius 2 is 2.04 bits per heavy atom. The molecule has 0 atom stereocenters. The first-order valence-corrected chi connectivity index (χ1v) is 7.38. The van der Waals surface area contributed by atoms with Gasteiger partial charge in [-0.05, 0) is 30.7 Å². The number of rotatable bonds is 1. The van der Waals surface area contributed by atoms with Crippen molar-refractivity contribution in [1.82, 2.24) is 19.4 Å². The van der Waals surface area contributed by atoms with Crippen molar-refractivity contribution in [3.8, 4) is 11.9 Å². The minimum atomic E-state index is -0.594. The molecule has 0 aliphatic heterocycles. The van der Waals surface area contributed by atoms with Crippen molar-refractivity contribution in [2.75, 3.05) is 0 Å². The fourth-order valence-electron chi connectivity index (χ4n) is 2.92. The summed E-state index contributed by atoms with van der Waals surface area (Å²) in [5.41, 5.74) is 1.25. The Balaban J connectivity index is 2.25. The Kier molecular flexibility index (Phi) is 2.99. The highest BCUT2D eigenvalue weighted by Crippen LogP contribution is 2.18. The lowest BCUT2D eigenvalue weighted by Crippen LogP contribution is -2.34. The molecule has 8 nitrogen and oxygen atoms in total. The topological polar surface area (TPSA) is 127 Å². The van der Waals surface area contributed by atoms with E-state index in [0.717, 1.165) is 0 Å². The van der Waals surface area contributed by atoms with Crippen LogP contribution in [0.25, 0.3) is 22.8 Å². The van der Waals surface area contributed by atoms with Crippen LogP contribution in [-0.2, 0) is 0 Å². The fourth-order valence-corrected chi connectivity index (χ4v) is 2.92. The molecule has 25 heavy (non-hydrogen) atoms. The van der Waals surface area contributed by atoms with Crippen molar-refractivity contribution in [3.05, 3.63) is 67.1 Å². The summed E-state index contributed by atoms with van der Waals surface area (Å²) in [4.78, 5) is 33.3. The number of benzene rings is 1. The van der Waals surface area contributed by atoms with Gasteiger partial charge in [0.2, 0.25) is 5.88 Å². The van der Waals surface area contributed by atoms with E-state index in [2.05, 4.69) is 21.0 Å². The van der Waals surface area contributed by atoms with Gasteiger partial charge in [0.1, 0.15) is 11.8 Å². The minimum Gasteiger partial charge on any atom is -0.493 e. The second-order valence-corrected chi connectivity index (χ2v) is 5.58. The van der Waals surface area contributed by atoms with Crippen LogP contribution in [0.1, 0.15) is 16.8 Å². The SMILES string of the molecule is Cc1c(C#N)c2nc3ccccc3n2c(=O)c1=Cc1[nH]c(=O)[nH]c1O. The molecule has 0 radical (unpaired) electrons. The number of para-hydroxylation sites is 2. The van der Waals surface area contributed by atoms with Gasteiger partial charge in [0, 0.05) is 5.22 Å². The van der Waals surface area contributed by atoms with Crippen molar-refractivity contribution in [2.45, 2.75) is 6.92 Å². The Bertz CT molecular complexity index is 1370. The number of nitrogens with zero attached hydrogens (tertiary/aromatic N) is 3. The van der Waals surface area contributed by atoms with Crippen molar-refractivity contribution < 1.29 is 5.11 Å². The van der Waals surface area contributed by atoms with Crippen LogP contribution in [0.3, 0.4) is 0 Å². The van der Waals surface area contributed by atoms with E-state index in [9.17, 15) is 20.0 Å². The molecule has 0 amide bonds. The molecular weight excluding hydrogens is 322 g/mol. The van der Waals surface area contributed by atoms with Crippen LogP contribution >= 0.6 is 0 Å². The van der Waals surface area contributed by atoms with E-state index in [1.807, 2.05) is 0 Å². The molecule has 4 rings (SSSR count). The Hall–Kier alpha value is -3.86. The maximum Gasteiger partial charge on any atom is 0.326 e. The number of H-pyrrole nitrogens is 2. The zero-order valence-corrected chi connectivity index (χ0v) is 13.0. The van der Waals surface area contributed by atoms with Crippen LogP contribution in [0.15, 0.2) is 33.9 Å². The summed E-state index contributed by atoms with van der Waals surface area (Å²) < 4.78 is 1.37. The number of imidazole rings is 2. The van der Waals surface area contributed by atoms with Gasteiger partial charge < -0.3 is 10.1 Å². The first-order valence-electron chi connectivity index (χ1n) is 7.38. The van der Waals surface area contributed by atoms with E-state index >= 15 is 0 Å². The van der Waals surface area contributed by atoms with Gasteiger partial charge in [0.05, 0.1) is 16.6 Å². The smallest absolute Gasteiger partial charge is 0.326 e. The van der Waals surface area contributed by atoms with Crippen LogP contribution in [0.2, 0.25) is 0 Å². The maximum absolute atomic E-state index is 13.0. The number of hydrogen-bond donors (Lipinski definition) is 3. The Labute approximate surface area is 139 Å². The quantitative estimate of drug-likeness (QED) is 0.461.